The van der Waals surface area contributed by atoms with Crippen LogP contribution in [0.15, 0.2) is 58.3 Å². The number of hydrogen-bond donors (Lipinski definition) is 1. The minimum absolute atomic E-state index is 0.0189. The Balaban J connectivity index is 2.06. The second-order valence-electron chi connectivity index (χ2n) is 6.07. The fourth-order valence-corrected chi connectivity index (χ4v) is 4.35. The number of anilines is 1. The van der Waals surface area contributed by atoms with Crippen LogP contribution in [0.5, 0.6) is 0 Å². The molecule has 0 fully saturated rings. The smallest absolute Gasteiger partial charge is 0.243 e. The summed E-state index contributed by atoms with van der Waals surface area (Å²) in [5.74, 6) is -0.566. The highest BCUT2D eigenvalue weighted by molar-refractivity contribution is 7.89. The van der Waals surface area contributed by atoms with Crippen LogP contribution in [-0.2, 0) is 24.8 Å². The van der Waals surface area contributed by atoms with E-state index in [2.05, 4.69) is 5.32 Å². The summed E-state index contributed by atoms with van der Waals surface area (Å²) >= 11 is 5.76. The van der Waals surface area contributed by atoms with Crippen molar-refractivity contribution >= 4 is 43.2 Å². The predicted molar refractivity (Wildman–Crippen MR) is 107 cm³/mol. The molecule has 0 saturated heterocycles. The van der Waals surface area contributed by atoms with Crippen LogP contribution in [0.4, 0.5) is 5.69 Å². The first-order chi connectivity index (χ1) is 12.9. The Morgan fingerprint density at radius 1 is 0.857 bits per heavy atom. The van der Waals surface area contributed by atoms with Gasteiger partial charge in [-0.25, -0.2) is 21.1 Å². The highest BCUT2D eigenvalue weighted by Crippen LogP contribution is 2.19. The lowest BCUT2D eigenvalue weighted by atomic mass is 10.3. The molecule has 28 heavy (non-hydrogen) atoms. The highest BCUT2D eigenvalue weighted by Gasteiger charge is 2.23. The molecule has 0 heterocycles. The fourth-order valence-electron chi connectivity index (χ4n) is 2.20. The lowest BCUT2D eigenvalue weighted by Gasteiger charge is -2.17. The Hall–Kier alpha value is -1.98. The molecule has 152 valence electrons. The van der Waals surface area contributed by atoms with Crippen LogP contribution in [-0.4, -0.2) is 59.0 Å². The molecule has 2 aromatic carbocycles. The summed E-state index contributed by atoms with van der Waals surface area (Å²) in [4.78, 5) is 12.3. The number of carbonyl (C=O) groups excluding carboxylic acids is 1. The van der Waals surface area contributed by atoms with Crippen LogP contribution < -0.4 is 5.32 Å². The summed E-state index contributed by atoms with van der Waals surface area (Å²) in [7, 11) is -3.29. The highest BCUT2D eigenvalue weighted by atomic mass is 35.5. The van der Waals surface area contributed by atoms with Gasteiger partial charge in [0, 0.05) is 31.9 Å². The lowest BCUT2D eigenvalue weighted by Crippen LogP contribution is -2.34. The molecule has 0 atom stereocenters. The first kappa shape index (κ1) is 22.3. The molecule has 0 spiro atoms. The molecule has 1 amide bonds. The van der Waals surface area contributed by atoms with Gasteiger partial charge in [-0.3, -0.25) is 4.79 Å². The third-order valence-corrected chi connectivity index (χ3v) is 7.70. The molecule has 2 rings (SSSR count). The molecule has 0 unspecified atom stereocenters. The first-order valence-electron chi connectivity index (χ1n) is 7.99. The maximum Gasteiger partial charge on any atom is 0.243 e. The Kier molecular flexibility index (Phi) is 6.84. The van der Waals surface area contributed by atoms with Crippen molar-refractivity contribution in [1.29, 1.82) is 0 Å². The van der Waals surface area contributed by atoms with Gasteiger partial charge < -0.3 is 5.32 Å². The molecule has 0 bridgehead atoms. The summed E-state index contributed by atoms with van der Waals surface area (Å²) in [6, 6.07) is 11.2. The van der Waals surface area contributed by atoms with E-state index in [1.165, 1.54) is 69.7 Å². The van der Waals surface area contributed by atoms with E-state index in [9.17, 15) is 21.6 Å². The second-order valence-corrected chi connectivity index (χ2v) is 10.7. The molecule has 8 nitrogen and oxygen atoms in total. The Morgan fingerprint density at radius 3 is 1.82 bits per heavy atom. The summed E-state index contributed by atoms with van der Waals surface area (Å²) in [6.07, 6.45) is 0. The molecule has 0 saturated carbocycles. The van der Waals surface area contributed by atoms with E-state index in [4.69, 9.17) is 11.6 Å². The average molecular weight is 446 g/mol. The Labute approximate surface area is 169 Å². The first-order valence-corrected chi connectivity index (χ1v) is 11.2. The van der Waals surface area contributed by atoms with Crippen molar-refractivity contribution < 1.29 is 21.6 Å². The number of rotatable bonds is 7. The minimum Gasteiger partial charge on any atom is -0.325 e. The summed E-state index contributed by atoms with van der Waals surface area (Å²) < 4.78 is 51.0. The van der Waals surface area contributed by atoms with Gasteiger partial charge in [0.05, 0.1) is 16.3 Å². The van der Waals surface area contributed by atoms with Gasteiger partial charge in [0.2, 0.25) is 26.0 Å². The third kappa shape index (κ3) is 5.09. The molecular weight excluding hydrogens is 426 g/mol. The number of halogens is 1. The van der Waals surface area contributed by atoms with Gasteiger partial charge in [0.1, 0.15) is 0 Å². The second kappa shape index (κ2) is 8.58. The molecule has 2 aromatic rings. The van der Waals surface area contributed by atoms with Crippen molar-refractivity contribution in [2.45, 2.75) is 9.79 Å². The number of nitrogens with one attached hydrogen (secondary N) is 1. The summed E-state index contributed by atoms with van der Waals surface area (Å²) in [5, 5.41) is 2.94. The zero-order valence-corrected chi connectivity index (χ0v) is 17.8. The maximum atomic E-state index is 12.5. The molecule has 0 radical (unpaired) electrons. The van der Waals surface area contributed by atoms with Gasteiger partial charge in [0.15, 0.2) is 0 Å². The molecular formula is C17H20ClN3O5S2. The van der Waals surface area contributed by atoms with E-state index in [1.807, 2.05) is 0 Å². The number of sulfonamides is 2. The predicted octanol–water partition coefficient (Wildman–Crippen LogP) is 1.85. The van der Waals surface area contributed by atoms with Gasteiger partial charge in [-0.05, 0) is 48.5 Å². The van der Waals surface area contributed by atoms with Crippen LogP contribution in [0.2, 0.25) is 5.02 Å². The van der Waals surface area contributed by atoms with Crippen molar-refractivity contribution in [3.8, 4) is 0 Å². The molecule has 0 aliphatic carbocycles. The van der Waals surface area contributed by atoms with Crippen LogP contribution in [0.1, 0.15) is 0 Å². The van der Waals surface area contributed by atoms with E-state index < -0.39 is 32.5 Å². The van der Waals surface area contributed by atoms with Crippen LogP contribution in [0, 0.1) is 0 Å². The van der Waals surface area contributed by atoms with Crippen molar-refractivity contribution in [2.24, 2.45) is 0 Å². The Morgan fingerprint density at radius 2 is 1.32 bits per heavy atom. The number of likely N-dealkylation sites (N-methyl/N-ethyl adjacent to an activating group) is 1. The molecule has 0 aliphatic heterocycles. The fraction of sp³-hybridized carbons (Fsp3) is 0.235. The van der Waals surface area contributed by atoms with Crippen LogP contribution in [0.3, 0.4) is 0 Å². The SMILES string of the molecule is CN(C)S(=O)(=O)c1ccc(NC(=O)CN(C)S(=O)(=O)c2ccc(Cl)cc2)cc1. The largest absolute Gasteiger partial charge is 0.325 e. The normalized spacial score (nSPS) is 12.4. The van der Waals surface area contributed by atoms with Gasteiger partial charge in [-0.15, -0.1) is 0 Å². The van der Waals surface area contributed by atoms with Gasteiger partial charge >= 0.3 is 0 Å². The zero-order chi connectivity index (χ0) is 21.1. The summed E-state index contributed by atoms with van der Waals surface area (Å²) in [6.45, 7) is -0.414. The van der Waals surface area contributed by atoms with Crippen LogP contribution in [0.25, 0.3) is 0 Å². The minimum atomic E-state index is -3.85. The van der Waals surface area contributed by atoms with Gasteiger partial charge in [0.25, 0.3) is 0 Å². The molecule has 11 heteroatoms. The van der Waals surface area contributed by atoms with Gasteiger partial charge in [-0.2, -0.15) is 4.31 Å². The maximum absolute atomic E-state index is 12.5. The summed E-state index contributed by atoms with van der Waals surface area (Å²) in [5.41, 5.74) is 0.347. The average Bonchev–Trinajstić information content (AvgIpc) is 2.62. The van der Waals surface area contributed by atoms with Crippen molar-refractivity contribution in [1.82, 2.24) is 8.61 Å². The quantitative estimate of drug-likeness (QED) is 0.700. The number of carbonyl (C=O) groups is 1. The van der Waals surface area contributed by atoms with Gasteiger partial charge in [-0.1, -0.05) is 11.6 Å². The van der Waals surface area contributed by atoms with Crippen LogP contribution >= 0.6 is 11.6 Å². The molecule has 1 N–H and O–H groups in total. The molecule has 0 aliphatic rings. The molecule has 0 aromatic heterocycles. The van der Waals surface area contributed by atoms with E-state index in [0.717, 1.165) is 8.61 Å². The standard InChI is InChI=1S/C17H20ClN3O5S2/c1-20(2)27(23,24)15-10-6-14(7-11-15)19-17(22)12-21(3)28(25,26)16-8-4-13(18)5-9-16/h4-11H,12H2,1-3H3,(H,19,22). The lowest BCUT2D eigenvalue weighted by molar-refractivity contribution is -0.116. The Bertz CT molecular complexity index is 1050. The number of benzene rings is 2. The van der Waals surface area contributed by atoms with E-state index in [-0.39, 0.29) is 9.79 Å². The van der Waals surface area contributed by atoms with Crippen molar-refractivity contribution in [2.75, 3.05) is 33.0 Å². The number of hydrogen-bond acceptors (Lipinski definition) is 5. The topological polar surface area (TPSA) is 104 Å². The number of nitrogens with zero attached hydrogens (tertiary/aromatic N) is 2. The monoisotopic (exact) mass is 445 g/mol. The number of amides is 1. The van der Waals surface area contributed by atoms with E-state index in [0.29, 0.717) is 10.7 Å². The third-order valence-electron chi connectivity index (χ3n) is 3.80. The van der Waals surface area contributed by atoms with E-state index >= 15 is 0 Å². The van der Waals surface area contributed by atoms with Crippen molar-refractivity contribution in [3.63, 3.8) is 0 Å². The van der Waals surface area contributed by atoms with Crippen molar-refractivity contribution in [3.05, 3.63) is 53.6 Å². The van der Waals surface area contributed by atoms with E-state index in [1.54, 1.807) is 0 Å². The zero-order valence-electron chi connectivity index (χ0n) is 15.5.